The average Bonchev–Trinajstić information content (AvgIpc) is 3.27. The van der Waals surface area contributed by atoms with Crippen LogP contribution in [0.15, 0.2) is 48.7 Å². The Morgan fingerprint density at radius 3 is 2.48 bits per heavy atom. The number of nitrogens with two attached hydrogens (primary N) is 1. The van der Waals surface area contributed by atoms with Crippen LogP contribution in [-0.4, -0.2) is 51.9 Å². The minimum absolute atomic E-state index is 0.100. The normalized spacial score (nSPS) is 13.8. The lowest BCUT2D eigenvalue weighted by atomic mass is 10.1. The number of carboxylic acid groups (broad SMARTS) is 1. The third-order valence-electron chi connectivity index (χ3n) is 5.52. The monoisotopic (exact) mass is 465 g/mol. The van der Waals surface area contributed by atoms with Crippen LogP contribution in [0, 0.1) is 0 Å². The summed E-state index contributed by atoms with van der Waals surface area (Å²) < 4.78 is 3.03. The van der Waals surface area contributed by atoms with Crippen molar-refractivity contribution in [1.82, 2.24) is 20.0 Å². The molecule has 2 aromatic carbocycles. The van der Waals surface area contributed by atoms with Crippen LogP contribution in [0.25, 0.3) is 26.4 Å². The number of nitrogens with zero attached hydrogens (tertiary/aromatic N) is 2. The van der Waals surface area contributed by atoms with Crippen LogP contribution >= 0.6 is 11.3 Å². The highest BCUT2D eigenvalue weighted by Gasteiger charge is 2.38. The molecule has 33 heavy (non-hydrogen) atoms. The minimum atomic E-state index is -0.250. The molecule has 2 aromatic heterocycles. The van der Waals surface area contributed by atoms with E-state index in [1.165, 1.54) is 11.3 Å². The fraction of sp³-hybridized carbons (Fsp3) is 0.217. The van der Waals surface area contributed by atoms with Crippen LogP contribution in [0.2, 0.25) is 0 Å². The van der Waals surface area contributed by atoms with Gasteiger partial charge in [0.05, 0.1) is 15.9 Å². The molecule has 1 aliphatic rings. The first kappa shape index (κ1) is 22.4. The van der Waals surface area contributed by atoms with Crippen molar-refractivity contribution in [1.29, 1.82) is 0 Å². The molecule has 0 aliphatic heterocycles. The number of nitrogens with one attached hydrogen (secondary N) is 2. The Morgan fingerprint density at radius 2 is 1.85 bits per heavy atom. The van der Waals surface area contributed by atoms with Gasteiger partial charge in [0.15, 0.2) is 4.96 Å². The number of amides is 2. The smallest absolute Gasteiger partial charge is 0.290 e. The summed E-state index contributed by atoms with van der Waals surface area (Å²) in [7, 11) is 1.61. The molecule has 0 bridgehead atoms. The van der Waals surface area contributed by atoms with Gasteiger partial charge < -0.3 is 21.5 Å². The molecule has 2 heterocycles. The molecule has 0 unspecified atom stereocenters. The number of thiazole rings is 1. The zero-order valence-electron chi connectivity index (χ0n) is 17.9. The lowest BCUT2D eigenvalue weighted by Gasteiger charge is -2.10. The highest BCUT2D eigenvalue weighted by molar-refractivity contribution is 7.23. The third-order valence-corrected chi connectivity index (χ3v) is 6.54. The lowest BCUT2D eigenvalue weighted by molar-refractivity contribution is -0.122. The van der Waals surface area contributed by atoms with Crippen LogP contribution < -0.4 is 16.4 Å². The Balaban J connectivity index is 0.000000821. The molecule has 1 fully saturated rings. The van der Waals surface area contributed by atoms with E-state index in [0.717, 1.165) is 39.3 Å². The SMILES string of the molecule is CNC(=O)c1ccc(-c2cn3c(n2)sc2cc(C(=O)NCC4(N)CC4)ccc23)cc1.O=CO. The molecule has 2 amide bonds. The van der Waals surface area contributed by atoms with Gasteiger partial charge in [-0.1, -0.05) is 23.5 Å². The van der Waals surface area contributed by atoms with E-state index in [1.807, 2.05) is 40.9 Å². The number of imidazole rings is 1. The number of aromatic nitrogens is 2. The Bertz CT molecular complexity index is 1340. The molecule has 5 rings (SSSR count). The number of rotatable bonds is 5. The van der Waals surface area contributed by atoms with Gasteiger partial charge in [-0.3, -0.25) is 18.8 Å². The first-order chi connectivity index (χ1) is 15.9. The highest BCUT2D eigenvalue weighted by atomic mass is 32.1. The molecular formula is C23H23N5O4S. The maximum absolute atomic E-state index is 12.4. The molecule has 0 atom stereocenters. The van der Waals surface area contributed by atoms with E-state index in [1.54, 1.807) is 19.2 Å². The fourth-order valence-corrected chi connectivity index (χ4v) is 4.46. The van der Waals surface area contributed by atoms with E-state index >= 15 is 0 Å². The van der Waals surface area contributed by atoms with E-state index in [2.05, 4.69) is 10.6 Å². The second kappa shape index (κ2) is 9.00. The Hall–Kier alpha value is -3.76. The number of benzene rings is 2. The van der Waals surface area contributed by atoms with Crippen molar-refractivity contribution in [3.05, 3.63) is 59.8 Å². The lowest BCUT2D eigenvalue weighted by Crippen LogP contribution is -2.38. The van der Waals surface area contributed by atoms with Crippen molar-refractivity contribution in [3.63, 3.8) is 0 Å². The largest absolute Gasteiger partial charge is 0.483 e. The van der Waals surface area contributed by atoms with Crippen LogP contribution in [-0.2, 0) is 4.79 Å². The number of carbonyl (C=O) groups is 3. The molecule has 0 saturated heterocycles. The van der Waals surface area contributed by atoms with Crippen molar-refractivity contribution < 1.29 is 19.5 Å². The second-order valence-corrected chi connectivity index (χ2v) is 8.88. The maximum atomic E-state index is 12.4. The predicted molar refractivity (Wildman–Crippen MR) is 127 cm³/mol. The highest BCUT2D eigenvalue weighted by Crippen LogP contribution is 2.32. The van der Waals surface area contributed by atoms with E-state index in [0.29, 0.717) is 17.7 Å². The van der Waals surface area contributed by atoms with Gasteiger partial charge in [-0.05, 0) is 43.2 Å². The van der Waals surface area contributed by atoms with Gasteiger partial charge in [-0.15, -0.1) is 0 Å². The first-order valence-electron chi connectivity index (χ1n) is 10.3. The summed E-state index contributed by atoms with van der Waals surface area (Å²) in [6.45, 7) is 0.264. The van der Waals surface area contributed by atoms with Crippen molar-refractivity contribution in [2.24, 2.45) is 5.73 Å². The third kappa shape index (κ3) is 4.71. The second-order valence-electron chi connectivity index (χ2n) is 7.87. The molecule has 10 heteroatoms. The molecule has 170 valence electrons. The summed E-state index contributed by atoms with van der Waals surface area (Å²) in [4.78, 5) is 38.1. The topological polar surface area (TPSA) is 139 Å². The van der Waals surface area contributed by atoms with Gasteiger partial charge >= 0.3 is 0 Å². The quantitative estimate of drug-likeness (QED) is 0.334. The van der Waals surface area contributed by atoms with Crippen molar-refractivity contribution in [2.45, 2.75) is 18.4 Å². The standard InChI is InChI=1S/C22H21N5O2S.CH2O2/c1-24-19(28)14-4-2-13(3-5-14)16-11-27-17-7-6-15(10-18(17)30-21(27)26-16)20(29)25-12-22(23)8-9-22;2-1-3/h2-7,10-11H,8-9,12,23H2,1H3,(H,24,28)(H,25,29);1H,(H,2,3). The average molecular weight is 466 g/mol. The molecule has 5 N–H and O–H groups in total. The number of hydrogen-bond acceptors (Lipinski definition) is 6. The molecule has 9 nitrogen and oxygen atoms in total. The Morgan fingerprint density at radius 1 is 1.18 bits per heavy atom. The van der Waals surface area contributed by atoms with Gasteiger partial charge in [0.25, 0.3) is 18.3 Å². The predicted octanol–water partition coefficient (Wildman–Crippen LogP) is 2.50. The summed E-state index contributed by atoms with van der Waals surface area (Å²) >= 11 is 1.54. The molecule has 1 aliphatic carbocycles. The summed E-state index contributed by atoms with van der Waals surface area (Å²) in [5.41, 5.74) is 9.86. The summed E-state index contributed by atoms with van der Waals surface area (Å²) in [6.07, 6.45) is 3.91. The van der Waals surface area contributed by atoms with Crippen molar-refractivity contribution in [3.8, 4) is 11.3 Å². The molecule has 0 radical (unpaired) electrons. The molecule has 4 aromatic rings. The van der Waals surface area contributed by atoms with E-state index in [4.69, 9.17) is 20.6 Å². The van der Waals surface area contributed by atoms with Gasteiger partial charge in [-0.2, -0.15) is 0 Å². The van der Waals surface area contributed by atoms with Crippen molar-refractivity contribution >= 4 is 44.8 Å². The van der Waals surface area contributed by atoms with Gasteiger partial charge in [0, 0.05) is 42.0 Å². The number of fused-ring (bicyclic) bond motifs is 3. The van der Waals surface area contributed by atoms with Crippen molar-refractivity contribution in [2.75, 3.05) is 13.6 Å². The summed E-state index contributed by atoms with van der Waals surface area (Å²) in [6, 6.07) is 13.0. The van der Waals surface area contributed by atoms with Gasteiger partial charge in [0.1, 0.15) is 0 Å². The van der Waals surface area contributed by atoms with Gasteiger partial charge in [0.2, 0.25) is 0 Å². The molecule has 0 spiro atoms. The summed E-state index contributed by atoms with van der Waals surface area (Å²) in [5.74, 6) is -0.214. The van der Waals surface area contributed by atoms with E-state index < -0.39 is 0 Å². The van der Waals surface area contributed by atoms with Crippen LogP contribution in [0.4, 0.5) is 0 Å². The molecule has 1 saturated carbocycles. The van der Waals surface area contributed by atoms with E-state index in [-0.39, 0.29) is 23.8 Å². The zero-order chi connectivity index (χ0) is 23.6. The van der Waals surface area contributed by atoms with E-state index in [9.17, 15) is 9.59 Å². The minimum Gasteiger partial charge on any atom is -0.483 e. The van der Waals surface area contributed by atoms with Crippen LogP contribution in [0.1, 0.15) is 33.6 Å². The van der Waals surface area contributed by atoms with Gasteiger partial charge in [-0.25, -0.2) is 4.98 Å². The zero-order valence-corrected chi connectivity index (χ0v) is 18.7. The first-order valence-corrected chi connectivity index (χ1v) is 11.1. The van der Waals surface area contributed by atoms with Crippen LogP contribution in [0.5, 0.6) is 0 Å². The number of carbonyl (C=O) groups excluding carboxylic acids is 2. The maximum Gasteiger partial charge on any atom is 0.290 e. The summed E-state index contributed by atoms with van der Waals surface area (Å²) in [5, 5.41) is 12.4. The number of hydrogen-bond donors (Lipinski definition) is 4. The Kier molecular flexibility index (Phi) is 6.12. The fourth-order valence-electron chi connectivity index (χ4n) is 3.41. The Labute approximate surface area is 193 Å². The molecular weight excluding hydrogens is 442 g/mol. The van der Waals surface area contributed by atoms with Crippen LogP contribution in [0.3, 0.4) is 0 Å².